The molecule has 0 unspecified atom stereocenters. The van der Waals surface area contributed by atoms with E-state index in [1.165, 1.54) is 23.1 Å². The van der Waals surface area contributed by atoms with Crippen molar-refractivity contribution in [1.82, 2.24) is 10.2 Å². The summed E-state index contributed by atoms with van der Waals surface area (Å²) in [6.45, 7) is 5.36. The van der Waals surface area contributed by atoms with Gasteiger partial charge in [-0.3, -0.25) is 13.9 Å². The molecule has 0 aliphatic heterocycles. The molecule has 2 atom stereocenters. The van der Waals surface area contributed by atoms with Crippen LogP contribution in [-0.4, -0.2) is 50.0 Å². The number of aryl methyl sites for hydroxylation is 1. The first-order chi connectivity index (χ1) is 18.9. The third-order valence-corrected chi connectivity index (χ3v) is 8.40. The van der Waals surface area contributed by atoms with Gasteiger partial charge in [0.1, 0.15) is 12.6 Å². The van der Waals surface area contributed by atoms with Crippen LogP contribution in [-0.2, 0) is 32.6 Å². The molecule has 0 spiro atoms. The minimum absolute atomic E-state index is 0.0894. The summed E-state index contributed by atoms with van der Waals surface area (Å²) >= 11 is 12.4. The largest absolute Gasteiger partial charge is 0.352 e. The van der Waals surface area contributed by atoms with Crippen LogP contribution in [0.3, 0.4) is 0 Å². The van der Waals surface area contributed by atoms with Gasteiger partial charge in [-0.05, 0) is 55.2 Å². The summed E-state index contributed by atoms with van der Waals surface area (Å²) in [6, 6.07) is 20.4. The third kappa shape index (κ3) is 8.46. The Morgan fingerprint density at radius 1 is 0.975 bits per heavy atom. The molecule has 0 fully saturated rings. The first-order valence-electron chi connectivity index (χ1n) is 13.0. The fourth-order valence-corrected chi connectivity index (χ4v) is 5.67. The second-order valence-electron chi connectivity index (χ2n) is 9.84. The number of halogens is 2. The zero-order valence-electron chi connectivity index (χ0n) is 23.1. The number of hydrogen-bond acceptors (Lipinski definition) is 4. The van der Waals surface area contributed by atoms with Crippen LogP contribution < -0.4 is 9.62 Å². The quantitative estimate of drug-likeness (QED) is 0.291. The first kappa shape index (κ1) is 31.5. The van der Waals surface area contributed by atoms with E-state index < -0.39 is 28.5 Å². The minimum Gasteiger partial charge on any atom is -0.352 e. The highest BCUT2D eigenvalue weighted by molar-refractivity contribution is 7.92. The highest BCUT2D eigenvalue weighted by atomic mass is 35.5. The molecule has 3 rings (SSSR count). The van der Waals surface area contributed by atoms with Crippen LogP contribution >= 0.6 is 23.2 Å². The van der Waals surface area contributed by atoms with Crippen LogP contribution in [0.5, 0.6) is 0 Å². The van der Waals surface area contributed by atoms with Crippen LogP contribution in [0.2, 0.25) is 10.0 Å². The monoisotopic (exact) mass is 603 g/mol. The van der Waals surface area contributed by atoms with Crippen LogP contribution in [0.25, 0.3) is 0 Å². The first-order valence-corrected chi connectivity index (χ1v) is 15.6. The molecule has 0 bridgehead atoms. The van der Waals surface area contributed by atoms with E-state index >= 15 is 0 Å². The van der Waals surface area contributed by atoms with Crippen molar-refractivity contribution < 1.29 is 18.0 Å². The lowest BCUT2D eigenvalue weighted by atomic mass is 10.0. The average Bonchev–Trinajstić information content (AvgIpc) is 2.90. The van der Waals surface area contributed by atoms with Gasteiger partial charge >= 0.3 is 0 Å². The number of anilines is 1. The van der Waals surface area contributed by atoms with Crippen LogP contribution in [0.4, 0.5) is 5.69 Å². The highest BCUT2D eigenvalue weighted by Gasteiger charge is 2.34. The summed E-state index contributed by atoms with van der Waals surface area (Å²) < 4.78 is 26.8. The number of benzene rings is 3. The molecule has 3 aromatic carbocycles. The number of nitrogens with zero attached hydrogens (tertiary/aromatic N) is 2. The molecular weight excluding hydrogens is 569 g/mol. The van der Waals surface area contributed by atoms with Gasteiger partial charge in [0.15, 0.2) is 0 Å². The molecule has 1 N–H and O–H groups in total. The molecule has 40 heavy (non-hydrogen) atoms. The average molecular weight is 605 g/mol. The third-order valence-electron chi connectivity index (χ3n) is 6.73. The number of hydrogen-bond donors (Lipinski definition) is 1. The maximum Gasteiger partial charge on any atom is 0.244 e. The summed E-state index contributed by atoms with van der Waals surface area (Å²) in [4.78, 5) is 29.3. The molecule has 0 aromatic heterocycles. The van der Waals surface area contributed by atoms with Crippen molar-refractivity contribution in [3.05, 3.63) is 99.5 Å². The Bertz CT molecular complexity index is 1430. The summed E-state index contributed by atoms with van der Waals surface area (Å²) in [5, 5.41) is 3.44. The molecule has 0 saturated heterocycles. The van der Waals surface area contributed by atoms with Crippen molar-refractivity contribution in [2.24, 2.45) is 0 Å². The van der Waals surface area contributed by atoms with Gasteiger partial charge in [0.05, 0.1) is 17.0 Å². The lowest BCUT2D eigenvalue weighted by Crippen LogP contribution is -2.54. The second kappa shape index (κ2) is 14.0. The van der Waals surface area contributed by atoms with Crippen molar-refractivity contribution in [2.75, 3.05) is 17.1 Å². The Labute approximate surface area is 247 Å². The van der Waals surface area contributed by atoms with Gasteiger partial charge in [-0.1, -0.05) is 84.7 Å². The van der Waals surface area contributed by atoms with E-state index in [4.69, 9.17) is 23.2 Å². The number of carbonyl (C=O) groups is 2. The van der Waals surface area contributed by atoms with Crippen molar-refractivity contribution in [3.8, 4) is 0 Å². The lowest BCUT2D eigenvalue weighted by molar-refractivity contribution is -0.140. The Kier molecular flexibility index (Phi) is 11.0. The number of carbonyl (C=O) groups excluding carboxylic acids is 2. The van der Waals surface area contributed by atoms with Crippen LogP contribution in [0, 0.1) is 6.92 Å². The Balaban J connectivity index is 2.09. The summed E-state index contributed by atoms with van der Waals surface area (Å²) in [6.07, 6.45) is 1.97. The highest BCUT2D eigenvalue weighted by Crippen LogP contribution is 2.31. The lowest BCUT2D eigenvalue weighted by Gasteiger charge is -2.34. The van der Waals surface area contributed by atoms with E-state index in [9.17, 15) is 18.0 Å². The van der Waals surface area contributed by atoms with E-state index in [0.29, 0.717) is 11.4 Å². The van der Waals surface area contributed by atoms with E-state index in [2.05, 4.69) is 5.32 Å². The summed E-state index contributed by atoms with van der Waals surface area (Å²) in [5.74, 6) is -0.851. The second-order valence-corrected chi connectivity index (χ2v) is 12.6. The van der Waals surface area contributed by atoms with Crippen LogP contribution in [0.15, 0.2) is 72.8 Å². The van der Waals surface area contributed by atoms with Gasteiger partial charge in [-0.25, -0.2) is 8.42 Å². The number of rotatable bonds is 12. The van der Waals surface area contributed by atoms with Crippen LogP contribution in [0.1, 0.15) is 37.0 Å². The smallest absolute Gasteiger partial charge is 0.244 e. The molecule has 0 aliphatic rings. The molecule has 2 amide bonds. The fourth-order valence-electron chi connectivity index (χ4n) is 4.24. The van der Waals surface area contributed by atoms with E-state index in [1.54, 1.807) is 0 Å². The number of nitrogens with one attached hydrogen (secondary N) is 1. The predicted octanol–water partition coefficient (Wildman–Crippen LogP) is 5.62. The molecular formula is C30H35Cl2N3O4S. The standard InChI is InChI=1S/C30H35Cl2N3O4S/c1-5-22(3)33-30(37)28(17-23-12-7-6-8-13-23)34(19-24-14-10-9-11-21(24)2)29(36)20-35(40(4,38)39)27-16-15-25(31)18-26(27)32/h6-16,18,22,28H,5,17,19-20H2,1-4H3,(H,33,37)/t22-,28+/m0/s1. The predicted molar refractivity (Wildman–Crippen MR) is 162 cm³/mol. The van der Waals surface area contributed by atoms with Crippen molar-refractivity contribution in [3.63, 3.8) is 0 Å². The molecule has 0 saturated carbocycles. The molecule has 3 aromatic rings. The van der Waals surface area contributed by atoms with E-state index in [0.717, 1.165) is 27.3 Å². The van der Waals surface area contributed by atoms with Gasteiger partial charge in [0, 0.05) is 24.0 Å². The zero-order valence-corrected chi connectivity index (χ0v) is 25.4. The molecule has 0 aliphatic carbocycles. The SMILES string of the molecule is CC[C@H](C)NC(=O)[C@@H](Cc1ccccc1)N(Cc1ccccc1C)C(=O)CN(c1ccc(Cl)cc1Cl)S(C)(=O)=O. The van der Waals surface area contributed by atoms with Crippen molar-refractivity contribution in [1.29, 1.82) is 0 Å². The summed E-state index contributed by atoms with van der Waals surface area (Å²) in [7, 11) is -3.93. The van der Waals surface area contributed by atoms with Gasteiger partial charge in [0.25, 0.3) is 0 Å². The van der Waals surface area contributed by atoms with E-state index in [-0.39, 0.29) is 35.6 Å². The normalized spacial score (nSPS) is 12.8. The van der Waals surface area contributed by atoms with Crippen molar-refractivity contribution >= 4 is 50.7 Å². The Morgan fingerprint density at radius 2 is 1.62 bits per heavy atom. The molecule has 7 nitrogen and oxygen atoms in total. The van der Waals surface area contributed by atoms with E-state index in [1.807, 2.05) is 75.4 Å². The molecule has 10 heteroatoms. The van der Waals surface area contributed by atoms with Gasteiger partial charge in [-0.15, -0.1) is 0 Å². The maximum atomic E-state index is 14.1. The van der Waals surface area contributed by atoms with Gasteiger partial charge in [-0.2, -0.15) is 0 Å². The number of sulfonamides is 1. The molecule has 0 heterocycles. The van der Waals surface area contributed by atoms with Gasteiger partial charge in [0.2, 0.25) is 21.8 Å². The van der Waals surface area contributed by atoms with Gasteiger partial charge < -0.3 is 10.2 Å². The molecule has 0 radical (unpaired) electrons. The number of amides is 2. The molecule has 214 valence electrons. The summed E-state index contributed by atoms with van der Waals surface area (Å²) in [5.41, 5.74) is 2.79. The zero-order chi connectivity index (χ0) is 29.4. The fraction of sp³-hybridized carbons (Fsp3) is 0.333. The topological polar surface area (TPSA) is 86.8 Å². The Hall–Kier alpha value is -3.07. The maximum absolute atomic E-state index is 14.1. The Morgan fingerprint density at radius 3 is 2.23 bits per heavy atom. The van der Waals surface area contributed by atoms with Crippen molar-refractivity contribution in [2.45, 2.75) is 52.2 Å². The minimum atomic E-state index is -3.93.